The number of carbonyl (C=O) groups excluding carboxylic acids is 1. The van der Waals surface area contributed by atoms with E-state index in [1.165, 1.54) is 0 Å². The van der Waals surface area contributed by atoms with Crippen LogP contribution in [0.1, 0.15) is 22.5 Å². The van der Waals surface area contributed by atoms with Gasteiger partial charge < -0.3 is 19.7 Å². The summed E-state index contributed by atoms with van der Waals surface area (Å²) in [7, 11) is 4.02. The third-order valence-corrected chi connectivity index (χ3v) is 4.58. The highest BCUT2D eigenvalue weighted by molar-refractivity contribution is 6.06. The minimum absolute atomic E-state index is 0.0503. The number of fused-ring (bicyclic) bond motifs is 1. The van der Waals surface area contributed by atoms with Gasteiger partial charge in [0.25, 0.3) is 5.91 Å². The summed E-state index contributed by atoms with van der Waals surface area (Å²) < 4.78 is 11.5. The minimum atomic E-state index is -0.123. The van der Waals surface area contributed by atoms with Crippen LogP contribution in [0.5, 0.6) is 0 Å². The van der Waals surface area contributed by atoms with Crippen molar-refractivity contribution in [1.82, 2.24) is 15.2 Å². The molecule has 3 rings (SSSR count). The first kappa shape index (κ1) is 18.8. The maximum Gasteiger partial charge on any atom is 0.252 e. The largest absolute Gasteiger partial charge is 0.379 e. The minimum Gasteiger partial charge on any atom is -0.379 e. The van der Waals surface area contributed by atoms with Crippen molar-refractivity contribution >= 4 is 16.8 Å². The molecule has 0 unspecified atom stereocenters. The maximum absolute atomic E-state index is 13.0. The predicted molar refractivity (Wildman–Crippen MR) is 101 cm³/mol. The van der Waals surface area contributed by atoms with Crippen LogP contribution in [-0.2, 0) is 9.47 Å². The number of hydrogen-bond acceptors (Lipinski definition) is 5. The van der Waals surface area contributed by atoms with E-state index in [9.17, 15) is 4.79 Å². The molecule has 1 aliphatic rings. The van der Waals surface area contributed by atoms with E-state index in [1.807, 2.05) is 51.4 Å². The molecule has 0 spiro atoms. The van der Waals surface area contributed by atoms with E-state index in [-0.39, 0.29) is 18.1 Å². The monoisotopic (exact) mass is 357 g/mol. The molecule has 140 valence electrons. The van der Waals surface area contributed by atoms with Gasteiger partial charge in [0.1, 0.15) is 6.10 Å². The fourth-order valence-corrected chi connectivity index (χ4v) is 3.17. The molecule has 1 amide bonds. The van der Waals surface area contributed by atoms with E-state index in [0.717, 1.165) is 29.6 Å². The molecule has 0 radical (unpaired) electrons. The highest BCUT2D eigenvalue weighted by Crippen LogP contribution is 2.19. The molecule has 6 heteroatoms. The van der Waals surface area contributed by atoms with Crippen molar-refractivity contribution in [1.29, 1.82) is 0 Å². The molecular formula is C20H27N3O3. The third kappa shape index (κ3) is 4.58. The quantitative estimate of drug-likeness (QED) is 0.857. The van der Waals surface area contributed by atoms with E-state index >= 15 is 0 Å². The number of aryl methyl sites for hydroxylation is 1. The topological polar surface area (TPSA) is 63.7 Å². The van der Waals surface area contributed by atoms with E-state index in [2.05, 4.69) is 15.2 Å². The fraction of sp³-hybridized carbons (Fsp3) is 0.500. The summed E-state index contributed by atoms with van der Waals surface area (Å²) in [4.78, 5) is 19.5. The van der Waals surface area contributed by atoms with E-state index in [0.29, 0.717) is 25.4 Å². The second kappa shape index (κ2) is 8.58. The van der Waals surface area contributed by atoms with Crippen molar-refractivity contribution in [3.8, 4) is 0 Å². The smallest absolute Gasteiger partial charge is 0.252 e. The number of ether oxygens (including phenoxy) is 2. The summed E-state index contributed by atoms with van der Waals surface area (Å²) in [5.74, 6) is -0.0835. The average molecular weight is 357 g/mol. The summed E-state index contributed by atoms with van der Waals surface area (Å²) in [5, 5.41) is 4.03. The van der Waals surface area contributed by atoms with Gasteiger partial charge in [-0.15, -0.1) is 0 Å². The first-order valence-electron chi connectivity index (χ1n) is 9.06. The third-order valence-electron chi connectivity index (χ3n) is 4.58. The molecule has 1 fully saturated rings. The van der Waals surface area contributed by atoms with Crippen LogP contribution in [0.4, 0.5) is 0 Å². The summed E-state index contributed by atoms with van der Waals surface area (Å²) in [6.07, 6.45) is 0.627. The van der Waals surface area contributed by atoms with Gasteiger partial charge >= 0.3 is 0 Å². The van der Waals surface area contributed by atoms with Gasteiger partial charge in [-0.25, -0.2) is 0 Å². The molecule has 1 aromatic heterocycles. The number of likely N-dealkylation sites (N-methyl/N-ethyl adjacent to an activating group) is 1. The number of nitrogens with zero attached hydrogens (tertiary/aromatic N) is 2. The Morgan fingerprint density at radius 1 is 1.38 bits per heavy atom. The van der Waals surface area contributed by atoms with Gasteiger partial charge in [-0.05, 0) is 39.6 Å². The number of amides is 1. The van der Waals surface area contributed by atoms with Crippen molar-refractivity contribution in [2.45, 2.75) is 25.5 Å². The van der Waals surface area contributed by atoms with E-state index < -0.39 is 0 Å². The molecule has 0 aliphatic carbocycles. The first-order chi connectivity index (χ1) is 12.5. The molecule has 0 saturated carbocycles. The number of hydrogen-bond donors (Lipinski definition) is 1. The fourth-order valence-electron chi connectivity index (χ4n) is 3.17. The molecule has 1 aliphatic heterocycles. The Labute approximate surface area is 154 Å². The van der Waals surface area contributed by atoms with Crippen molar-refractivity contribution < 1.29 is 14.3 Å². The molecule has 6 nitrogen and oxygen atoms in total. The van der Waals surface area contributed by atoms with Gasteiger partial charge in [0, 0.05) is 24.2 Å². The van der Waals surface area contributed by atoms with Crippen LogP contribution >= 0.6 is 0 Å². The summed E-state index contributed by atoms with van der Waals surface area (Å²) in [5.41, 5.74) is 2.33. The van der Waals surface area contributed by atoms with Gasteiger partial charge in [0.15, 0.2) is 0 Å². The zero-order valence-corrected chi connectivity index (χ0v) is 15.7. The average Bonchev–Trinajstić information content (AvgIpc) is 2.62. The van der Waals surface area contributed by atoms with Crippen LogP contribution in [-0.4, -0.2) is 68.4 Å². The van der Waals surface area contributed by atoms with Crippen molar-refractivity contribution in [2.24, 2.45) is 0 Å². The first-order valence-corrected chi connectivity index (χ1v) is 9.06. The van der Waals surface area contributed by atoms with Crippen LogP contribution < -0.4 is 5.32 Å². The lowest BCUT2D eigenvalue weighted by Crippen LogP contribution is -2.50. The normalized spacial score (nSPS) is 20.5. The Hall–Kier alpha value is -2.02. The highest BCUT2D eigenvalue weighted by atomic mass is 16.5. The van der Waals surface area contributed by atoms with Crippen molar-refractivity contribution in [3.05, 3.63) is 41.6 Å². The standard InChI is InChI=1S/C20H27N3O3/c1-14-12-16(15-6-4-5-7-17(15)21-14)20(24)22-18-8-10-25-13-19(18)26-11-9-23(2)3/h4-7,12,18-19H,8-11,13H2,1-3H3,(H,22,24)/t18-,19-/m1/s1. The second-order valence-corrected chi connectivity index (χ2v) is 6.98. The molecular weight excluding hydrogens is 330 g/mol. The number of pyridine rings is 1. The van der Waals surface area contributed by atoms with Crippen molar-refractivity contribution in [2.75, 3.05) is 40.5 Å². The number of benzene rings is 1. The van der Waals surface area contributed by atoms with Crippen LogP contribution in [0, 0.1) is 6.92 Å². The van der Waals surface area contributed by atoms with Gasteiger partial charge in [-0.3, -0.25) is 9.78 Å². The van der Waals surface area contributed by atoms with E-state index in [1.54, 1.807) is 0 Å². The summed E-state index contributed by atoms with van der Waals surface area (Å²) >= 11 is 0. The predicted octanol–water partition coefficient (Wildman–Crippen LogP) is 2.01. The Morgan fingerprint density at radius 2 is 2.19 bits per heavy atom. The zero-order valence-electron chi connectivity index (χ0n) is 15.7. The Kier molecular flexibility index (Phi) is 6.19. The van der Waals surface area contributed by atoms with Gasteiger partial charge in [0.2, 0.25) is 0 Å². The number of rotatable bonds is 6. The van der Waals surface area contributed by atoms with Crippen molar-refractivity contribution in [3.63, 3.8) is 0 Å². The van der Waals surface area contributed by atoms with Gasteiger partial charge in [-0.2, -0.15) is 0 Å². The molecule has 1 saturated heterocycles. The Bertz CT molecular complexity index is 763. The zero-order chi connectivity index (χ0) is 18.5. The number of carbonyl (C=O) groups is 1. The SMILES string of the molecule is Cc1cc(C(=O)N[C@@H]2CCOC[C@H]2OCCN(C)C)c2ccccc2n1. The summed E-state index contributed by atoms with van der Waals surface area (Å²) in [6, 6.07) is 9.53. The molecule has 26 heavy (non-hydrogen) atoms. The van der Waals surface area contributed by atoms with Crippen LogP contribution in [0.15, 0.2) is 30.3 Å². The second-order valence-electron chi connectivity index (χ2n) is 6.98. The lowest BCUT2D eigenvalue weighted by molar-refractivity contribution is -0.0690. The number of nitrogens with one attached hydrogen (secondary N) is 1. The highest BCUT2D eigenvalue weighted by Gasteiger charge is 2.28. The molecule has 2 heterocycles. The van der Waals surface area contributed by atoms with Crippen LogP contribution in [0.3, 0.4) is 0 Å². The lowest BCUT2D eigenvalue weighted by atomic mass is 10.0. The summed E-state index contributed by atoms with van der Waals surface area (Å²) in [6.45, 7) is 4.50. The molecule has 1 aromatic carbocycles. The van der Waals surface area contributed by atoms with Gasteiger partial charge in [-0.1, -0.05) is 18.2 Å². The molecule has 2 aromatic rings. The maximum atomic E-state index is 13.0. The number of para-hydroxylation sites is 1. The molecule has 2 atom stereocenters. The Morgan fingerprint density at radius 3 is 3.00 bits per heavy atom. The van der Waals surface area contributed by atoms with Crippen LogP contribution in [0.25, 0.3) is 10.9 Å². The lowest BCUT2D eigenvalue weighted by Gasteiger charge is -2.32. The van der Waals surface area contributed by atoms with Gasteiger partial charge in [0.05, 0.1) is 30.3 Å². The van der Waals surface area contributed by atoms with Crippen LogP contribution in [0.2, 0.25) is 0 Å². The Balaban J connectivity index is 1.73. The molecule has 0 bridgehead atoms. The van der Waals surface area contributed by atoms with E-state index in [4.69, 9.17) is 9.47 Å². The number of aromatic nitrogens is 1. The molecule has 1 N–H and O–H groups in total.